The topological polar surface area (TPSA) is 42.8 Å². The molecule has 0 radical (unpaired) electrons. The van der Waals surface area contributed by atoms with Gasteiger partial charge in [0.2, 0.25) is 0 Å². The molecule has 1 saturated heterocycles. The lowest BCUT2D eigenvalue weighted by Gasteiger charge is -2.27. The van der Waals surface area contributed by atoms with Crippen molar-refractivity contribution >= 4 is 11.6 Å². The van der Waals surface area contributed by atoms with Crippen molar-refractivity contribution in [3.63, 3.8) is 0 Å². The Bertz CT molecular complexity index is 655. The number of ether oxygens (including phenoxy) is 1. The van der Waals surface area contributed by atoms with Crippen LogP contribution in [0.2, 0.25) is 0 Å². The van der Waals surface area contributed by atoms with E-state index < -0.39 is 0 Å². The Morgan fingerprint density at radius 1 is 1.12 bits per heavy atom. The van der Waals surface area contributed by atoms with Gasteiger partial charge >= 0.3 is 0 Å². The number of anilines is 1. The number of carbonyl (C=O) groups excluding carboxylic acids is 1. The normalized spacial score (nSPS) is 20.4. The van der Waals surface area contributed by atoms with Gasteiger partial charge in [0, 0.05) is 11.6 Å². The van der Waals surface area contributed by atoms with Gasteiger partial charge in [0.25, 0.3) is 5.91 Å². The molecule has 3 rings (SSSR count). The first-order valence-corrected chi connectivity index (χ1v) is 8.65. The molecule has 2 atom stereocenters. The molecule has 0 saturated carbocycles. The summed E-state index contributed by atoms with van der Waals surface area (Å²) in [5, 5.41) is 2.98. The molecule has 1 fully saturated rings. The van der Waals surface area contributed by atoms with Gasteiger partial charge in [-0.1, -0.05) is 25.1 Å². The van der Waals surface area contributed by atoms with Crippen LogP contribution in [0.5, 0.6) is 11.5 Å². The van der Waals surface area contributed by atoms with Crippen molar-refractivity contribution in [1.82, 2.24) is 0 Å². The third-order valence-corrected chi connectivity index (χ3v) is 4.39. The maximum absolute atomic E-state index is 12.2. The molecule has 1 unspecified atom stereocenters. The van der Waals surface area contributed by atoms with Crippen LogP contribution in [0, 0.1) is 5.92 Å². The van der Waals surface area contributed by atoms with Crippen molar-refractivity contribution in [2.24, 2.45) is 5.92 Å². The molecule has 1 aliphatic rings. The van der Waals surface area contributed by atoms with Crippen LogP contribution in [0.3, 0.4) is 0 Å². The van der Waals surface area contributed by atoms with Gasteiger partial charge in [-0.05, 0) is 49.2 Å². The number of nitrogens with one attached hydrogen (secondary N) is 2. The third-order valence-electron chi connectivity index (χ3n) is 4.39. The highest BCUT2D eigenvalue weighted by atomic mass is 16.5. The van der Waals surface area contributed by atoms with Crippen molar-refractivity contribution < 1.29 is 14.4 Å². The number of benzene rings is 2. The van der Waals surface area contributed by atoms with E-state index in [4.69, 9.17) is 4.74 Å². The van der Waals surface area contributed by atoms with E-state index in [1.807, 2.05) is 54.6 Å². The van der Waals surface area contributed by atoms with E-state index in [-0.39, 0.29) is 5.91 Å². The molecule has 0 spiro atoms. The van der Waals surface area contributed by atoms with E-state index in [1.54, 1.807) is 0 Å². The van der Waals surface area contributed by atoms with Gasteiger partial charge in [-0.2, -0.15) is 0 Å². The van der Waals surface area contributed by atoms with E-state index in [9.17, 15) is 4.79 Å². The lowest BCUT2D eigenvalue weighted by atomic mass is 10.0. The molecule has 2 N–H and O–H groups in total. The van der Waals surface area contributed by atoms with Crippen LogP contribution in [-0.2, 0) is 4.79 Å². The quantitative estimate of drug-likeness (QED) is 0.888. The molecule has 2 aromatic carbocycles. The Morgan fingerprint density at radius 2 is 1.83 bits per heavy atom. The average Bonchev–Trinajstić information content (AvgIpc) is 2.57. The molecule has 0 bridgehead atoms. The summed E-state index contributed by atoms with van der Waals surface area (Å²) < 4.78 is 5.75. The number of rotatable bonds is 5. The van der Waals surface area contributed by atoms with Crippen LogP contribution in [0.15, 0.2) is 54.6 Å². The van der Waals surface area contributed by atoms with Crippen LogP contribution in [-0.4, -0.2) is 25.5 Å². The SMILES string of the molecule is C[C@H]1CCC[NH+](CC(=O)Nc2ccc(Oc3ccccc3)cc2)C1. The summed E-state index contributed by atoms with van der Waals surface area (Å²) in [5.41, 5.74) is 0.810. The molecule has 4 nitrogen and oxygen atoms in total. The zero-order chi connectivity index (χ0) is 16.8. The minimum atomic E-state index is 0.0795. The molecule has 0 aromatic heterocycles. The smallest absolute Gasteiger partial charge is 0.279 e. The van der Waals surface area contributed by atoms with Crippen molar-refractivity contribution in [3.8, 4) is 11.5 Å². The van der Waals surface area contributed by atoms with Crippen LogP contribution >= 0.6 is 0 Å². The summed E-state index contributed by atoms with van der Waals surface area (Å²) in [4.78, 5) is 13.6. The summed E-state index contributed by atoms with van der Waals surface area (Å²) in [6.07, 6.45) is 2.50. The highest BCUT2D eigenvalue weighted by Crippen LogP contribution is 2.22. The standard InChI is InChI=1S/C20H24N2O2/c1-16-6-5-13-22(14-16)15-20(23)21-17-9-11-19(12-10-17)24-18-7-3-2-4-8-18/h2-4,7-12,16H,5-6,13-15H2,1H3,(H,21,23)/p+1/t16-/m0/s1. The highest BCUT2D eigenvalue weighted by Gasteiger charge is 2.21. The first-order valence-electron chi connectivity index (χ1n) is 8.65. The Kier molecular flexibility index (Phi) is 5.49. The number of piperidine rings is 1. The third kappa shape index (κ3) is 4.83. The molecule has 24 heavy (non-hydrogen) atoms. The second-order valence-corrected chi connectivity index (χ2v) is 6.62. The first kappa shape index (κ1) is 16.5. The van der Waals surface area contributed by atoms with Gasteiger partial charge < -0.3 is 15.0 Å². The van der Waals surface area contributed by atoms with E-state index in [1.165, 1.54) is 17.7 Å². The Hall–Kier alpha value is -2.33. The fraction of sp³-hybridized carbons (Fsp3) is 0.350. The second-order valence-electron chi connectivity index (χ2n) is 6.62. The molecule has 1 heterocycles. The largest absolute Gasteiger partial charge is 0.457 e. The monoisotopic (exact) mass is 325 g/mol. The molecular formula is C20H25N2O2+. The van der Waals surface area contributed by atoms with E-state index in [0.29, 0.717) is 6.54 Å². The van der Waals surface area contributed by atoms with Crippen LogP contribution in [0.25, 0.3) is 0 Å². The number of quaternary nitrogens is 1. The Balaban J connectivity index is 1.51. The van der Waals surface area contributed by atoms with E-state index in [0.717, 1.165) is 36.2 Å². The number of hydrogen-bond donors (Lipinski definition) is 2. The maximum Gasteiger partial charge on any atom is 0.279 e. The van der Waals surface area contributed by atoms with Crippen LogP contribution in [0.1, 0.15) is 19.8 Å². The molecular weight excluding hydrogens is 300 g/mol. The number of hydrogen-bond acceptors (Lipinski definition) is 2. The zero-order valence-corrected chi connectivity index (χ0v) is 14.1. The van der Waals surface area contributed by atoms with Crippen molar-refractivity contribution in [3.05, 3.63) is 54.6 Å². The molecule has 1 amide bonds. The van der Waals surface area contributed by atoms with Crippen molar-refractivity contribution in [1.29, 1.82) is 0 Å². The molecule has 126 valence electrons. The van der Waals surface area contributed by atoms with Crippen molar-refractivity contribution in [2.45, 2.75) is 19.8 Å². The van der Waals surface area contributed by atoms with E-state index in [2.05, 4.69) is 12.2 Å². The highest BCUT2D eigenvalue weighted by molar-refractivity contribution is 5.91. The Morgan fingerprint density at radius 3 is 2.54 bits per heavy atom. The summed E-state index contributed by atoms with van der Waals surface area (Å²) in [7, 11) is 0. The van der Waals surface area contributed by atoms with Gasteiger partial charge in [-0.25, -0.2) is 0 Å². The lowest BCUT2D eigenvalue weighted by Crippen LogP contribution is -3.14. The van der Waals surface area contributed by atoms with Crippen LogP contribution in [0.4, 0.5) is 5.69 Å². The summed E-state index contributed by atoms with van der Waals surface area (Å²) in [5.74, 6) is 2.36. The fourth-order valence-electron chi connectivity index (χ4n) is 3.22. The summed E-state index contributed by atoms with van der Waals surface area (Å²) in [6.45, 7) is 5.01. The van der Waals surface area contributed by atoms with Crippen LogP contribution < -0.4 is 15.0 Å². The molecule has 2 aromatic rings. The van der Waals surface area contributed by atoms with Gasteiger partial charge in [-0.15, -0.1) is 0 Å². The predicted octanol–water partition coefficient (Wildman–Crippen LogP) is 2.73. The molecule has 4 heteroatoms. The number of amides is 1. The van der Waals surface area contributed by atoms with Gasteiger partial charge in [-0.3, -0.25) is 4.79 Å². The molecule has 0 aliphatic carbocycles. The minimum absolute atomic E-state index is 0.0795. The maximum atomic E-state index is 12.2. The van der Waals surface area contributed by atoms with Gasteiger partial charge in [0.1, 0.15) is 11.5 Å². The van der Waals surface area contributed by atoms with Gasteiger partial charge in [0.15, 0.2) is 6.54 Å². The predicted molar refractivity (Wildman–Crippen MR) is 95.5 cm³/mol. The zero-order valence-electron chi connectivity index (χ0n) is 14.1. The lowest BCUT2D eigenvalue weighted by molar-refractivity contribution is -0.900. The second kappa shape index (κ2) is 7.97. The van der Waals surface area contributed by atoms with Crippen molar-refractivity contribution in [2.75, 3.05) is 25.0 Å². The van der Waals surface area contributed by atoms with E-state index >= 15 is 0 Å². The average molecular weight is 325 g/mol. The number of para-hydroxylation sites is 1. The summed E-state index contributed by atoms with van der Waals surface area (Å²) >= 11 is 0. The summed E-state index contributed by atoms with van der Waals surface area (Å²) in [6, 6.07) is 17.2. The number of carbonyl (C=O) groups is 1. The number of likely N-dealkylation sites (tertiary alicyclic amines) is 1. The fourth-order valence-corrected chi connectivity index (χ4v) is 3.22. The molecule has 1 aliphatic heterocycles. The van der Waals surface area contributed by atoms with Gasteiger partial charge in [0.05, 0.1) is 13.1 Å². The first-order chi connectivity index (χ1) is 11.7. The minimum Gasteiger partial charge on any atom is -0.457 e. The Labute approximate surface area is 143 Å².